The SMILES string of the molecule is [2H]C([2H])([2H])c1c[c-]c(-c2ccc(C([2H])([2H])C(C)(C)C)cn2)cc1-c1ccccc1.[2H]C([2H])([2H])c1cnc(-c2[c-]ccc3c2oc2c3ccc3ccc4ccccc4c32)cc1-c1ccc(C#N)cc1C([2H])([2H])[2H].[Ir]. The molecule has 62 heavy (non-hydrogen) atoms. The second-order valence-electron chi connectivity index (χ2n) is 15.9. The number of rotatable bonds is 5. The molecule has 0 bridgehead atoms. The minimum Gasteiger partial charge on any atom is -0.500 e. The molecule has 0 fully saturated rings. The van der Waals surface area contributed by atoms with E-state index in [0.717, 1.165) is 43.5 Å². The third-order valence-corrected chi connectivity index (χ3v) is 10.5. The van der Waals surface area contributed by atoms with Gasteiger partial charge in [-0.15, -0.1) is 47.5 Å². The first-order valence-corrected chi connectivity index (χ1v) is 19.8. The molecule has 0 N–H and O–H groups in total. The molecular weight excluding hydrogens is 935 g/mol. The van der Waals surface area contributed by atoms with Crippen LogP contribution < -0.4 is 0 Å². The van der Waals surface area contributed by atoms with Crippen molar-refractivity contribution in [2.24, 2.45) is 5.41 Å². The summed E-state index contributed by atoms with van der Waals surface area (Å²) in [5.41, 5.74) is 5.41. The van der Waals surface area contributed by atoms with Crippen LogP contribution in [-0.2, 0) is 26.5 Å². The van der Waals surface area contributed by atoms with Gasteiger partial charge in [-0.2, -0.15) is 5.26 Å². The molecule has 0 aliphatic rings. The number of nitrogens with zero attached hydrogens (tertiary/aromatic N) is 3. The third-order valence-electron chi connectivity index (χ3n) is 10.5. The summed E-state index contributed by atoms with van der Waals surface area (Å²) in [7, 11) is 0. The molecule has 0 saturated carbocycles. The van der Waals surface area contributed by atoms with E-state index in [1.165, 1.54) is 30.5 Å². The smallest absolute Gasteiger partial charge is 0.129 e. The van der Waals surface area contributed by atoms with Gasteiger partial charge in [-0.25, -0.2) is 0 Å². The Morgan fingerprint density at radius 3 is 2.19 bits per heavy atom. The summed E-state index contributed by atoms with van der Waals surface area (Å²) in [6.45, 7) is -1.85. The summed E-state index contributed by atoms with van der Waals surface area (Å²) in [5, 5.41) is 15.4. The summed E-state index contributed by atoms with van der Waals surface area (Å²) in [5.74, 6) is 0. The number of aromatic nitrogens is 2. The molecule has 10 rings (SSSR count). The molecule has 7 aromatic carbocycles. The zero-order chi connectivity index (χ0) is 51.5. The Kier molecular flexibility index (Phi) is 8.49. The number of aryl methyl sites for hydroxylation is 3. The molecule has 0 aliphatic heterocycles. The molecule has 0 saturated heterocycles. The molecule has 0 spiro atoms. The van der Waals surface area contributed by atoms with Crippen molar-refractivity contribution in [3.05, 3.63) is 192 Å². The first-order chi connectivity index (χ1) is 34.0. The normalized spacial score (nSPS) is 14.8. The van der Waals surface area contributed by atoms with Crippen LogP contribution in [0.15, 0.2) is 156 Å². The van der Waals surface area contributed by atoms with Crippen LogP contribution in [0.1, 0.15) is 63.7 Å². The van der Waals surface area contributed by atoms with Gasteiger partial charge >= 0.3 is 0 Å². The Bertz CT molecular complexity index is 3740. The fourth-order valence-corrected chi connectivity index (χ4v) is 7.70. The predicted octanol–water partition coefficient (Wildman–Crippen LogP) is 15.0. The van der Waals surface area contributed by atoms with Gasteiger partial charge in [0, 0.05) is 58.3 Å². The van der Waals surface area contributed by atoms with E-state index in [1.54, 1.807) is 36.5 Å². The number of pyridine rings is 2. The first kappa shape index (κ1) is 30.3. The quantitative estimate of drug-likeness (QED) is 0.127. The van der Waals surface area contributed by atoms with E-state index in [0.29, 0.717) is 39.2 Å². The fourth-order valence-electron chi connectivity index (χ4n) is 7.70. The predicted molar refractivity (Wildman–Crippen MR) is 252 cm³/mol. The number of hydrogen-bond acceptors (Lipinski definition) is 4. The van der Waals surface area contributed by atoms with Crippen LogP contribution in [0.4, 0.5) is 0 Å². The van der Waals surface area contributed by atoms with E-state index in [4.69, 9.17) is 19.5 Å². The summed E-state index contributed by atoms with van der Waals surface area (Å²) >= 11 is 0. The van der Waals surface area contributed by atoms with Gasteiger partial charge in [-0.3, -0.25) is 0 Å². The van der Waals surface area contributed by atoms with Crippen molar-refractivity contribution in [1.29, 1.82) is 5.26 Å². The Morgan fingerprint density at radius 2 is 1.42 bits per heavy atom. The van der Waals surface area contributed by atoms with E-state index in [1.807, 2.05) is 81.4 Å². The Morgan fingerprint density at radius 1 is 0.661 bits per heavy atom. The zero-order valence-electron chi connectivity index (χ0n) is 45.0. The van der Waals surface area contributed by atoms with Crippen LogP contribution in [0.3, 0.4) is 0 Å². The van der Waals surface area contributed by atoms with Crippen molar-refractivity contribution in [1.82, 2.24) is 9.97 Å². The van der Waals surface area contributed by atoms with Crippen LogP contribution in [-0.4, -0.2) is 9.97 Å². The molecule has 0 atom stereocenters. The average Bonchev–Trinajstić information content (AvgIpc) is 3.74. The molecule has 5 heteroatoms. The van der Waals surface area contributed by atoms with Crippen LogP contribution in [0.2, 0.25) is 0 Å². The van der Waals surface area contributed by atoms with Crippen molar-refractivity contribution in [3.63, 3.8) is 0 Å². The maximum atomic E-state index is 9.40. The average molecular weight is 991 g/mol. The van der Waals surface area contributed by atoms with Gasteiger partial charge in [0.2, 0.25) is 0 Å². The Balaban J connectivity index is 0.000000208. The standard InChI is InChI=1S/C34H21N2O.C23H24N.Ir/c1-20-16-22(18-35)10-14-25(20)30-17-31(36-19-21(30)2)29-9-5-8-27-28-15-13-24-12-11-23-6-3-4-7-26(23)32(24)34(28)37-33(27)29;1-17-10-12-20(14-21(17)19-8-6-5-7-9-19)22-13-11-18(16-24-22)15-23(2,3)4;/h3-8,10-17,19H,1-2H3;5-11,13-14,16H,15H2,1-4H3;/q2*-1;/i1D3,2D3;1D3,15D2;. The minimum atomic E-state index is -2.59. The van der Waals surface area contributed by atoms with Gasteiger partial charge in [0.15, 0.2) is 0 Å². The second kappa shape index (κ2) is 17.3. The van der Waals surface area contributed by atoms with Crippen LogP contribution in [0, 0.1) is 49.4 Å². The van der Waals surface area contributed by atoms with Crippen molar-refractivity contribution in [3.8, 4) is 50.8 Å². The molecule has 305 valence electrons. The van der Waals surface area contributed by atoms with E-state index in [9.17, 15) is 5.26 Å². The Hall–Kier alpha value is -6.70. The summed E-state index contributed by atoms with van der Waals surface area (Å²) in [6, 6.07) is 50.3. The van der Waals surface area contributed by atoms with Gasteiger partial charge in [0.05, 0.1) is 17.2 Å². The molecule has 3 heterocycles. The molecule has 4 nitrogen and oxygen atoms in total. The van der Waals surface area contributed by atoms with Crippen molar-refractivity contribution >= 4 is 43.5 Å². The zero-order valence-corrected chi connectivity index (χ0v) is 36.4. The molecular formula is C57H45IrN3O-2. The van der Waals surface area contributed by atoms with Crippen molar-refractivity contribution < 1.29 is 39.6 Å². The molecule has 0 amide bonds. The van der Waals surface area contributed by atoms with Crippen LogP contribution in [0.5, 0.6) is 0 Å². The van der Waals surface area contributed by atoms with E-state index < -0.39 is 32.3 Å². The minimum absolute atomic E-state index is 0. The number of benzene rings is 7. The van der Waals surface area contributed by atoms with Gasteiger partial charge in [-0.05, 0) is 98.6 Å². The topological polar surface area (TPSA) is 62.7 Å². The van der Waals surface area contributed by atoms with Gasteiger partial charge in [0.1, 0.15) is 5.58 Å². The maximum absolute atomic E-state index is 9.40. The largest absolute Gasteiger partial charge is 0.500 e. The molecule has 1 radical (unpaired) electrons. The second-order valence-corrected chi connectivity index (χ2v) is 15.9. The number of fused-ring (bicyclic) bond motifs is 7. The molecule has 0 aliphatic carbocycles. The van der Waals surface area contributed by atoms with Crippen molar-refractivity contribution in [2.75, 3.05) is 0 Å². The van der Waals surface area contributed by atoms with Gasteiger partial charge in [0.25, 0.3) is 0 Å². The van der Waals surface area contributed by atoms with Gasteiger partial charge in [-0.1, -0.05) is 147 Å². The van der Waals surface area contributed by atoms with Crippen LogP contribution in [0.25, 0.3) is 88.3 Å². The third kappa shape index (κ3) is 8.33. The molecule has 10 aromatic rings. The van der Waals surface area contributed by atoms with Crippen LogP contribution >= 0.6 is 0 Å². The van der Waals surface area contributed by atoms with Crippen molar-refractivity contribution in [2.45, 2.75) is 47.7 Å². The molecule has 0 unspecified atom stereocenters. The van der Waals surface area contributed by atoms with E-state index in [-0.39, 0.29) is 53.5 Å². The van der Waals surface area contributed by atoms with E-state index >= 15 is 0 Å². The number of furan rings is 1. The number of nitriles is 1. The maximum Gasteiger partial charge on any atom is 0.129 e. The summed E-state index contributed by atoms with van der Waals surface area (Å²) in [6.07, 6.45) is 1.29. The monoisotopic (exact) mass is 991 g/mol. The number of hydrogen-bond donors (Lipinski definition) is 0. The molecule has 3 aromatic heterocycles. The Labute approximate surface area is 392 Å². The first-order valence-electron chi connectivity index (χ1n) is 25.3. The summed E-state index contributed by atoms with van der Waals surface area (Å²) in [4.78, 5) is 8.96. The fraction of sp³-hybridized carbons (Fsp3) is 0.140. The summed E-state index contributed by atoms with van der Waals surface area (Å²) < 4.78 is 95.8. The van der Waals surface area contributed by atoms with E-state index in [2.05, 4.69) is 52.4 Å². The van der Waals surface area contributed by atoms with Gasteiger partial charge < -0.3 is 14.4 Å².